The fraction of sp³-hybridized carbons (Fsp3) is 0.364. The second-order valence-electron chi connectivity index (χ2n) is 7.65. The van der Waals surface area contributed by atoms with Crippen LogP contribution in [-0.2, 0) is 19.6 Å². The van der Waals surface area contributed by atoms with Crippen molar-refractivity contribution >= 4 is 39.1 Å². The molecule has 33 heavy (non-hydrogen) atoms. The number of nitrogens with one attached hydrogen (secondary N) is 2. The molecule has 2 amide bonds. The summed E-state index contributed by atoms with van der Waals surface area (Å²) in [6.45, 7) is 3.48. The maximum absolute atomic E-state index is 12.8. The van der Waals surface area contributed by atoms with Crippen LogP contribution in [0.5, 0.6) is 5.75 Å². The van der Waals surface area contributed by atoms with Gasteiger partial charge < -0.3 is 15.0 Å². The Morgan fingerprint density at radius 3 is 2.30 bits per heavy atom. The number of halogens is 1. The largest absolute Gasteiger partial charge is 0.497 e. The van der Waals surface area contributed by atoms with Gasteiger partial charge in [-0.3, -0.25) is 14.5 Å². The highest BCUT2D eigenvalue weighted by atomic mass is 35.5. The molecule has 0 unspecified atom stereocenters. The van der Waals surface area contributed by atoms with Crippen LogP contribution in [-0.4, -0.2) is 75.9 Å². The molecule has 178 valence electrons. The molecule has 9 nitrogen and oxygen atoms in total. The highest BCUT2D eigenvalue weighted by Gasteiger charge is 2.28. The van der Waals surface area contributed by atoms with Gasteiger partial charge in [-0.2, -0.15) is 4.72 Å². The van der Waals surface area contributed by atoms with Crippen LogP contribution in [0.4, 0.5) is 5.69 Å². The van der Waals surface area contributed by atoms with Gasteiger partial charge in [0.05, 0.1) is 35.3 Å². The van der Waals surface area contributed by atoms with Crippen LogP contribution >= 0.6 is 11.6 Å². The Morgan fingerprint density at radius 1 is 1.06 bits per heavy atom. The number of nitrogens with zero attached hydrogens (tertiary/aromatic N) is 2. The molecule has 0 bridgehead atoms. The number of carbonyl (C=O) groups is 2. The normalized spacial score (nSPS) is 15.7. The fourth-order valence-corrected chi connectivity index (χ4v) is 4.84. The summed E-state index contributed by atoms with van der Waals surface area (Å²) in [6.07, 6.45) is 0. The van der Waals surface area contributed by atoms with E-state index >= 15 is 0 Å². The van der Waals surface area contributed by atoms with E-state index in [0.717, 1.165) is 0 Å². The fourth-order valence-electron chi connectivity index (χ4n) is 3.46. The lowest BCUT2D eigenvalue weighted by atomic mass is 10.2. The molecule has 1 aliphatic rings. The minimum Gasteiger partial charge on any atom is -0.497 e. The second-order valence-corrected chi connectivity index (χ2v) is 9.77. The average Bonchev–Trinajstić information content (AvgIpc) is 2.80. The summed E-state index contributed by atoms with van der Waals surface area (Å²) in [5.41, 5.74) is 0.552. The van der Waals surface area contributed by atoms with Crippen molar-refractivity contribution in [1.82, 2.24) is 14.5 Å². The third-order valence-corrected chi connectivity index (χ3v) is 7.16. The van der Waals surface area contributed by atoms with Gasteiger partial charge in [-0.15, -0.1) is 0 Å². The lowest BCUT2D eigenvalue weighted by Crippen LogP contribution is -2.54. The van der Waals surface area contributed by atoms with E-state index in [1.165, 1.54) is 26.2 Å². The van der Waals surface area contributed by atoms with Crippen molar-refractivity contribution in [1.29, 1.82) is 0 Å². The van der Waals surface area contributed by atoms with Crippen LogP contribution in [0.2, 0.25) is 5.02 Å². The van der Waals surface area contributed by atoms with Crippen molar-refractivity contribution in [2.24, 2.45) is 0 Å². The number of rotatable bonds is 8. The first-order chi connectivity index (χ1) is 15.7. The number of anilines is 1. The number of methoxy groups -OCH3 is 1. The van der Waals surface area contributed by atoms with Crippen molar-refractivity contribution in [3.05, 3.63) is 53.6 Å². The molecule has 0 saturated carbocycles. The lowest BCUT2D eigenvalue weighted by molar-refractivity contribution is -0.134. The predicted octanol–water partition coefficient (Wildman–Crippen LogP) is 1.80. The predicted molar refractivity (Wildman–Crippen MR) is 126 cm³/mol. The molecule has 1 atom stereocenters. The number of sulfonamides is 1. The first-order valence-electron chi connectivity index (χ1n) is 10.4. The van der Waals surface area contributed by atoms with Gasteiger partial charge in [-0.1, -0.05) is 23.7 Å². The molecule has 1 aliphatic heterocycles. The standard InChI is InChI=1S/C22H27ClN4O5S/c1-16(25-33(30,31)18-9-7-17(32-2)8-10-18)22(29)27-13-11-26(12-14-27)15-21(28)24-20-6-4-3-5-19(20)23/h3-10,16,25H,11-15H2,1-2H3,(H,24,28)/t16-/m0/s1. The molecular formula is C22H27ClN4O5S. The Hall–Kier alpha value is -2.66. The number of benzene rings is 2. The highest BCUT2D eigenvalue weighted by Crippen LogP contribution is 2.20. The van der Waals surface area contributed by atoms with E-state index in [2.05, 4.69) is 10.0 Å². The monoisotopic (exact) mass is 494 g/mol. The second kappa shape index (κ2) is 11.0. The molecule has 1 heterocycles. The summed E-state index contributed by atoms with van der Waals surface area (Å²) in [5, 5.41) is 3.25. The SMILES string of the molecule is COc1ccc(S(=O)(=O)N[C@@H](C)C(=O)N2CCN(CC(=O)Nc3ccccc3Cl)CC2)cc1. The van der Waals surface area contributed by atoms with Gasteiger partial charge in [-0.25, -0.2) is 8.42 Å². The van der Waals surface area contributed by atoms with Gasteiger partial charge in [0, 0.05) is 26.2 Å². The summed E-state index contributed by atoms with van der Waals surface area (Å²) >= 11 is 6.07. The number of hydrogen-bond donors (Lipinski definition) is 2. The van der Waals surface area contributed by atoms with Crippen LogP contribution in [0.1, 0.15) is 6.92 Å². The minimum absolute atomic E-state index is 0.0531. The van der Waals surface area contributed by atoms with Gasteiger partial charge in [0.1, 0.15) is 5.75 Å². The van der Waals surface area contributed by atoms with Crippen molar-refractivity contribution in [2.75, 3.05) is 45.2 Å². The zero-order valence-electron chi connectivity index (χ0n) is 18.5. The van der Waals surface area contributed by atoms with Crippen molar-refractivity contribution in [3.63, 3.8) is 0 Å². The Kier molecular flexibility index (Phi) is 8.30. The summed E-state index contributed by atoms with van der Waals surface area (Å²) in [4.78, 5) is 28.7. The maximum Gasteiger partial charge on any atom is 0.241 e. The van der Waals surface area contributed by atoms with Crippen LogP contribution in [0.3, 0.4) is 0 Å². The van der Waals surface area contributed by atoms with Gasteiger partial charge in [-0.05, 0) is 43.3 Å². The zero-order valence-corrected chi connectivity index (χ0v) is 20.0. The quantitative estimate of drug-likeness (QED) is 0.579. The topological polar surface area (TPSA) is 108 Å². The zero-order chi connectivity index (χ0) is 24.0. The first kappa shape index (κ1) is 25.0. The first-order valence-corrected chi connectivity index (χ1v) is 12.3. The molecule has 11 heteroatoms. The van der Waals surface area contributed by atoms with Crippen molar-refractivity contribution in [3.8, 4) is 5.75 Å². The summed E-state index contributed by atoms with van der Waals surface area (Å²) < 4.78 is 32.7. The summed E-state index contributed by atoms with van der Waals surface area (Å²) in [6, 6.07) is 12.0. The van der Waals surface area contributed by atoms with E-state index in [9.17, 15) is 18.0 Å². The third-order valence-electron chi connectivity index (χ3n) is 5.27. The summed E-state index contributed by atoms with van der Waals surface area (Å²) in [7, 11) is -2.36. The number of hydrogen-bond acceptors (Lipinski definition) is 6. The van der Waals surface area contributed by atoms with E-state index in [-0.39, 0.29) is 23.3 Å². The van der Waals surface area contributed by atoms with Gasteiger partial charge in [0.25, 0.3) is 0 Å². The van der Waals surface area contributed by atoms with E-state index < -0.39 is 16.1 Å². The van der Waals surface area contributed by atoms with Crippen LogP contribution in [0.15, 0.2) is 53.4 Å². The molecule has 0 spiro atoms. The Bertz CT molecular complexity index is 1090. The number of piperazine rings is 1. The van der Waals surface area contributed by atoms with Crippen LogP contribution in [0.25, 0.3) is 0 Å². The molecule has 0 aromatic heterocycles. The lowest BCUT2D eigenvalue weighted by Gasteiger charge is -2.35. The third kappa shape index (κ3) is 6.67. The molecular weight excluding hydrogens is 468 g/mol. The molecule has 2 N–H and O–H groups in total. The minimum atomic E-state index is -3.86. The number of para-hydroxylation sites is 1. The van der Waals surface area contributed by atoms with Crippen LogP contribution < -0.4 is 14.8 Å². The van der Waals surface area contributed by atoms with Crippen LogP contribution in [0, 0.1) is 0 Å². The van der Waals surface area contributed by atoms with Gasteiger partial charge in [0.2, 0.25) is 21.8 Å². The number of carbonyl (C=O) groups excluding carboxylic acids is 2. The Balaban J connectivity index is 1.49. The molecule has 0 aliphatic carbocycles. The molecule has 0 radical (unpaired) electrons. The summed E-state index contributed by atoms with van der Waals surface area (Å²) in [5.74, 6) is 0.0345. The molecule has 3 rings (SSSR count). The number of ether oxygens (including phenoxy) is 1. The molecule has 2 aromatic rings. The average molecular weight is 495 g/mol. The highest BCUT2D eigenvalue weighted by molar-refractivity contribution is 7.89. The molecule has 1 fully saturated rings. The van der Waals surface area contributed by atoms with Crippen molar-refractivity contribution in [2.45, 2.75) is 17.9 Å². The molecule has 2 aromatic carbocycles. The number of amides is 2. The van der Waals surface area contributed by atoms with E-state index in [1.807, 2.05) is 4.90 Å². The van der Waals surface area contributed by atoms with E-state index in [1.54, 1.807) is 41.3 Å². The van der Waals surface area contributed by atoms with E-state index in [4.69, 9.17) is 16.3 Å². The van der Waals surface area contributed by atoms with E-state index in [0.29, 0.717) is 42.6 Å². The molecule has 1 saturated heterocycles. The van der Waals surface area contributed by atoms with Gasteiger partial charge in [0.15, 0.2) is 0 Å². The maximum atomic E-state index is 12.8. The Morgan fingerprint density at radius 2 is 1.70 bits per heavy atom. The Labute approximate surface area is 198 Å². The van der Waals surface area contributed by atoms with Crippen molar-refractivity contribution < 1.29 is 22.7 Å². The smallest absolute Gasteiger partial charge is 0.241 e. The van der Waals surface area contributed by atoms with Gasteiger partial charge >= 0.3 is 0 Å².